The predicted octanol–water partition coefficient (Wildman–Crippen LogP) is 5.26. The summed E-state index contributed by atoms with van der Waals surface area (Å²) >= 11 is 1.72. The van der Waals surface area contributed by atoms with E-state index in [0.29, 0.717) is 18.6 Å². The summed E-state index contributed by atoms with van der Waals surface area (Å²) < 4.78 is 5.37. The molecule has 1 aliphatic carbocycles. The maximum absolute atomic E-state index is 13.2. The largest absolute Gasteiger partial charge is 0.463 e. The third kappa shape index (κ3) is 4.09. The van der Waals surface area contributed by atoms with Gasteiger partial charge < -0.3 is 10.1 Å². The fraction of sp³-hybridized carbons (Fsp3) is 0.565. The molecule has 152 valence electrons. The highest BCUT2D eigenvalue weighted by molar-refractivity contribution is 7.12. The van der Waals surface area contributed by atoms with Crippen LogP contribution in [0.5, 0.6) is 0 Å². The molecule has 1 aromatic heterocycles. The van der Waals surface area contributed by atoms with Gasteiger partial charge in [-0.05, 0) is 50.7 Å². The van der Waals surface area contributed by atoms with Crippen LogP contribution >= 0.6 is 11.3 Å². The van der Waals surface area contributed by atoms with Gasteiger partial charge in [0.15, 0.2) is 5.78 Å². The van der Waals surface area contributed by atoms with Crippen LogP contribution in [-0.2, 0) is 20.7 Å². The molecule has 3 rings (SSSR count). The fourth-order valence-corrected chi connectivity index (χ4v) is 5.41. The molecule has 0 aromatic carbocycles. The maximum Gasteiger partial charge on any atom is 0.336 e. The third-order valence-electron chi connectivity index (χ3n) is 5.48. The Morgan fingerprint density at radius 2 is 2.04 bits per heavy atom. The number of ether oxygens (including phenoxy) is 1. The molecular formula is C23H31NO3S. The lowest BCUT2D eigenvalue weighted by Gasteiger charge is -2.39. The van der Waals surface area contributed by atoms with Crippen LogP contribution in [-0.4, -0.2) is 18.4 Å². The molecule has 5 heteroatoms. The number of ketones is 1. The van der Waals surface area contributed by atoms with E-state index in [1.807, 2.05) is 13.8 Å². The highest BCUT2D eigenvalue weighted by Gasteiger charge is 2.43. The van der Waals surface area contributed by atoms with Crippen LogP contribution in [0, 0.1) is 5.41 Å². The summed E-state index contributed by atoms with van der Waals surface area (Å²) in [5, 5.41) is 3.38. The summed E-state index contributed by atoms with van der Waals surface area (Å²) in [5.74, 6) is -0.508. The molecule has 2 heterocycles. The third-order valence-corrected chi connectivity index (χ3v) is 6.69. The van der Waals surface area contributed by atoms with Gasteiger partial charge in [0.2, 0.25) is 0 Å². The topological polar surface area (TPSA) is 55.4 Å². The van der Waals surface area contributed by atoms with E-state index in [1.54, 1.807) is 11.3 Å². The van der Waals surface area contributed by atoms with Crippen LogP contribution in [0.1, 0.15) is 76.0 Å². The van der Waals surface area contributed by atoms with Gasteiger partial charge in [-0.2, -0.15) is 0 Å². The Bertz CT molecular complexity index is 844. The SMILES string of the molecule is CCCCc1ccc([C@H]2C(C(=O)OCC)=C(C)NC3=C2C(=O)CC(C)(C)C3)s1. The van der Waals surface area contributed by atoms with Crippen molar-refractivity contribution < 1.29 is 14.3 Å². The van der Waals surface area contributed by atoms with Gasteiger partial charge in [-0.25, -0.2) is 4.79 Å². The molecule has 0 saturated heterocycles. The molecule has 0 amide bonds. The summed E-state index contributed by atoms with van der Waals surface area (Å²) in [6, 6.07) is 4.24. The average molecular weight is 402 g/mol. The fourth-order valence-electron chi connectivity index (χ4n) is 4.24. The highest BCUT2D eigenvalue weighted by Crippen LogP contribution is 2.48. The van der Waals surface area contributed by atoms with Crippen molar-refractivity contribution in [1.82, 2.24) is 5.32 Å². The molecule has 1 N–H and O–H groups in total. The Kier molecular flexibility index (Phi) is 6.13. The van der Waals surface area contributed by atoms with Gasteiger partial charge >= 0.3 is 5.97 Å². The lowest BCUT2D eigenvalue weighted by Crippen LogP contribution is -2.38. The number of carbonyl (C=O) groups excluding carboxylic acids is 2. The smallest absolute Gasteiger partial charge is 0.336 e. The molecule has 0 saturated carbocycles. The van der Waals surface area contributed by atoms with E-state index in [-0.39, 0.29) is 23.1 Å². The van der Waals surface area contributed by atoms with Gasteiger partial charge in [0.25, 0.3) is 0 Å². The highest BCUT2D eigenvalue weighted by atomic mass is 32.1. The Morgan fingerprint density at radius 1 is 1.29 bits per heavy atom. The van der Waals surface area contributed by atoms with Crippen LogP contribution < -0.4 is 5.32 Å². The van der Waals surface area contributed by atoms with E-state index in [4.69, 9.17) is 4.74 Å². The first kappa shape index (κ1) is 20.8. The van der Waals surface area contributed by atoms with Gasteiger partial charge in [-0.15, -0.1) is 11.3 Å². The monoisotopic (exact) mass is 401 g/mol. The summed E-state index contributed by atoms with van der Waals surface area (Å²) in [6.07, 6.45) is 4.65. The Morgan fingerprint density at radius 3 is 2.71 bits per heavy atom. The summed E-state index contributed by atoms with van der Waals surface area (Å²) in [4.78, 5) is 28.4. The van der Waals surface area contributed by atoms with E-state index in [1.165, 1.54) is 4.88 Å². The first-order valence-electron chi connectivity index (χ1n) is 10.3. The van der Waals surface area contributed by atoms with Gasteiger partial charge in [-0.1, -0.05) is 27.2 Å². The first-order valence-corrected chi connectivity index (χ1v) is 11.1. The number of allylic oxidation sites excluding steroid dienone is 3. The number of unbranched alkanes of at least 4 members (excludes halogenated alkanes) is 1. The van der Waals surface area contributed by atoms with Crippen LogP contribution in [0.15, 0.2) is 34.7 Å². The number of dihydropyridines is 1. The van der Waals surface area contributed by atoms with Crippen molar-refractivity contribution in [3.05, 3.63) is 44.4 Å². The van der Waals surface area contributed by atoms with Gasteiger partial charge in [0.1, 0.15) is 0 Å². The average Bonchev–Trinajstić information content (AvgIpc) is 3.06. The molecule has 4 nitrogen and oxygen atoms in total. The van der Waals surface area contributed by atoms with Gasteiger partial charge in [0, 0.05) is 33.1 Å². The second kappa shape index (κ2) is 8.24. The number of thiophene rings is 1. The second-order valence-corrected chi connectivity index (χ2v) is 9.76. The van der Waals surface area contributed by atoms with E-state index in [2.05, 4.69) is 38.2 Å². The van der Waals surface area contributed by atoms with Gasteiger partial charge in [0.05, 0.1) is 18.1 Å². The number of esters is 1. The molecule has 0 radical (unpaired) electrons. The minimum absolute atomic E-state index is 0.0725. The molecule has 1 aliphatic heterocycles. The molecule has 1 aromatic rings. The number of nitrogens with one attached hydrogen (secondary N) is 1. The number of aryl methyl sites for hydroxylation is 1. The number of carbonyl (C=O) groups is 2. The minimum atomic E-state index is -0.329. The van der Waals surface area contributed by atoms with E-state index < -0.39 is 0 Å². The first-order chi connectivity index (χ1) is 13.3. The van der Waals surface area contributed by atoms with Crippen molar-refractivity contribution in [2.45, 2.75) is 72.6 Å². The minimum Gasteiger partial charge on any atom is -0.463 e. The molecule has 2 aliphatic rings. The predicted molar refractivity (Wildman–Crippen MR) is 113 cm³/mol. The van der Waals surface area contributed by atoms with Crippen LogP contribution in [0.4, 0.5) is 0 Å². The van der Waals surface area contributed by atoms with Crippen LogP contribution in [0.2, 0.25) is 0 Å². The van der Waals surface area contributed by atoms with Crippen LogP contribution in [0.25, 0.3) is 0 Å². The van der Waals surface area contributed by atoms with Crippen molar-refractivity contribution in [3.63, 3.8) is 0 Å². The van der Waals surface area contributed by atoms with Crippen molar-refractivity contribution in [2.24, 2.45) is 5.41 Å². The number of hydrogen-bond acceptors (Lipinski definition) is 5. The summed E-state index contributed by atoms with van der Waals surface area (Å²) in [7, 11) is 0. The second-order valence-electron chi connectivity index (χ2n) is 8.56. The lowest BCUT2D eigenvalue weighted by atomic mass is 9.70. The molecular weight excluding hydrogens is 370 g/mol. The Balaban J connectivity index is 2.08. The molecule has 0 bridgehead atoms. The quantitative estimate of drug-likeness (QED) is 0.661. The van der Waals surface area contributed by atoms with E-state index in [0.717, 1.165) is 47.5 Å². The standard InChI is InChI=1S/C23H31NO3S/c1-6-8-9-15-10-11-18(28-15)21-19(22(26)27-7-2)14(3)24-16-12-23(4,5)13-17(25)20(16)21/h10-11,21,24H,6-9,12-13H2,1-5H3/t21-/m0/s1. The Hall–Kier alpha value is -1.88. The molecule has 0 fully saturated rings. The zero-order chi connectivity index (χ0) is 20.5. The zero-order valence-corrected chi connectivity index (χ0v) is 18.4. The summed E-state index contributed by atoms with van der Waals surface area (Å²) in [6.45, 7) is 10.5. The van der Waals surface area contributed by atoms with Crippen molar-refractivity contribution in [1.29, 1.82) is 0 Å². The van der Waals surface area contributed by atoms with Crippen molar-refractivity contribution in [3.8, 4) is 0 Å². The van der Waals surface area contributed by atoms with Gasteiger partial charge in [-0.3, -0.25) is 4.79 Å². The number of rotatable bonds is 6. The molecule has 1 atom stereocenters. The lowest BCUT2D eigenvalue weighted by molar-refractivity contribution is -0.138. The normalized spacial score (nSPS) is 21.5. The molecule has 28 heavy (non-hydrogen) atoms. The van der Waals surface area contributed by atoms with Crippen molar-refractivity contribution >= 4 is 23.1 Å². The maximum atomic E-state index is 13.2. The van der Waals surface area contributed by atoms with E-state index >= 15 is 0 Å². The van der Waals surface area contributed by atoms with Crippen molar-refractivity contribution in [2.75, 3.05) is 6.61 Å². The molecule has 0 unspecified atom stereocenters. The number of hydrogen-bond donors (Lipinski definition) is 1. The Labute approximate surface area is 172 Å². The molecule has 0 spiro atoms. The van der Waals surface area contributed by atoms with E-state index in [9.17, 15) is 9.59 Å². The zero-order valence-electron chi connectivity index (χ0n) is 17.6. The number of Topliss-reactive ketones (excluding diaryl/α,β-unsaturated/α-hetero) is 1. The van der Waals surface area contributed by atoms with Crippen LogP contribution in [0.3, 0.4) is 0 Å². The summed E-state index contributed by atoms with van der Waals surface area (Å²) in [5.41, 5.74) is 3.04.